The lowest BCUT2D eigenvalue weighted by Gasteiger charge is -2.16. The number of urea groups is 1. The zero-order valence-corrected chi connectivity index (χ0v) is 16.5. The van der Waals surface area contributed by atoms with Gasteiger partial charge in [-0.05, 0) is 47.5 Å². The van der Waals surface area contributed by atoms with Crippen LogP contribution in [0.5, 0.6) is 5.75 Å². The number of carbonyl (C=O) groups excluding carboxylic acids is 2. The Hall–Kier alpha value is -3.80. The Morgan fingerprint density at radius 2 is 1.47 bits per heavy atom. The Balaban J connectivity index is 1.23. The average Bonchev–Trinajstić information content (AvgIpc) is 3.22. The van der Waals surface area contributed by atoms with Crippen molar-refractivity contribution >= 4 is 17.6 Å². The molecule has 0 fully saturated rings. The second-order valence-electron chi connectivity index (χ2n) is 7.05. The van der Waals surface area contributed by atoms with Crippen LogP contribution in [0.2, 0.25) is 0 Å². The predicted molar refractivity (Wildman–Crippen MR) is 115 cm³/mol. The number of hydrogen-bond donors (Lipinski definition) is 2. The van der Waals surface area contributed by atoms with E-state index in [4.69, 9.17) is 4.74 Å². The van der Waals surface area contributed by atoms with Crippen LogP contribution in [0.3, 0.4) is 0 Å². The van der Waals surface area contributed by atoms with Crippen LogP contribution in [0.25, 0.3) is 0 Å². The standard InChI is InChI=1S/C24H23N3O3/c28-23(25-14-15-30-22-8-2-1-3-9-22)18-10-12-21(13-11-18)26-24(29)27-16-19-6-4-5-7-20(19)17-27/h1-13H,14-17H2,(H,25,28)(H,26,29). The number of benzene rings is 3. The molecule has 0 radical (unpaired) electrons. The van der Waals surface area contributed by atoms with E-state index in [1.165, 1.54) is 11.1 Å². The first kappa shape index (κ1) is 19.5. The van der Waals surface area contributed by atoms with Crippen molar-refractivity contribution in [1.29, 1.82) is 0 Å². The molecule has 1 heterocycles. The van der Waals surface area contributed by atoms with Crippen molar-refractivity contribution in [2.45, 2.75) is 13.1 Å². The summed E-state index contributed by atoms with van der Waals surface area (Å²) in [6.45, 7) is 2.00. The lowest BCUT2D eigenvalue weighted by atomic mass is 10.1. The summed E-state index contributed by atoms with van der Waals surface area (Å²) in [6.07, 6.45) is 0. The zero-order chi connectivity index (χ0) is 20.8. The lowest BCUT2D eigenvalue weighted by Crippen LogP contribution is -2.30. The molecule has 0 saturated heterocycles. The van der Waals surface area contributed by atoms with E-state index >= 15 is 0 Å². The maximum absolute atomic E-state index is 12.5. The summed E-state index contributed by atoms with van der Waals surface area (Å²) < 4.78 is 5.56. The maximum Gasteiger partial charge on any atom is 0.322 e. The first-order valence-electron chi connectivity index (χ1n) is 9.88. The van der Waals surface area contributed by atoms with E-state index in [1.54, 1.807) is 29.2 Å². The number of rotatable bonds is 6. The third-order valence-corrected chi connectivity index (χ3v) is 4.93. The van der Waals surface area contributed by atoms with Gasteiger partial charge < -0.3 is 20.3 Å². The van der Waals surface area contributed by atoms with Crippen LogP contribution < -0.4 is 15.4 Å². The summed E-state index contributed by atoms with van der Waals surface area (Å²) in [4.78, 5) is 26.5. The molecule has 152 valence electrons. The fourth-order valence-corrected chi connectivity index (χ4v) is 3.34. The summed E-state index contributed by atoms with van der Waals surface area (Å²) in [7, 11) is 0. The van der Waals surface area contributed by atoms with Crippen molar-refractivity contribution in [2.75, 3.05) is 18.5 Å². The van der Waals surface area contributed by atoms with Gasteiger partial charge in [-0.15, -0.1) is 0 Å². The average molecular weight is 401 g/mol. The number of carbonyl (C=O) groups is 2. The van der Waals surface area contributed by atoms with Crippen LogP contribution in [0.4, 0.5) is 10.5 Å². The van der Waals surface area contributed by atoms with Crippen molar-refractivity contribution in [3.05, 3.63) is 95.6 Å². The van der Waals surface area contributed by atoms with E-state index in [0.717, 1.165) is 5.75 Å². The molecule has 4 rings (SSSR count). The highest BCUT2D eigenvalue weighted by atomic mass is 16.5. The van der Waals surface area contributed by atoms with Crippen LogP contribution in [0, 0.1) is 0 Å². The molecule has 0 aliphatic carbocycles. The van der Waals surface area contributed by atoms with Gasteiger partial charge in [0.1, 0.15) is 12.4 Å². The molecule has 6 nitrogen and oxygen atoms in total. The van der Waals surface area contributed by atoms with Gasteiger partial charge >= 0.3 is 6.03 Å². The Bertz CT molecular complexity index is 994. The first-order valence-corrected chi connectivity index (χ1v) is 9.88. The topological polar surface area (TPSA) is 70.7 Å². The summed E-state index contributed by atoms with van der Waals surface area (Å²) in [6, 6.07) is 24.2. The molecular weight excluding hydrogens is 378 g/mol. The van der Waals surface area contributed by atoms with Crippen LogP contribution in [-0.4, -0.2) is 30.0 Å². The van der Waals surface area contributed by atoms with Crippen molar-refractivity contribution in [3.8, 4) is 5.75 Å². The summed E-state index contributed by atoms with van der Waals surface area (Å²) >= 11 is 0. The normalized spacial score (nSPS) is 12.2. The largest absolute Gasteiger partial charge is 0.492 e. The van der Waals surface area contributed by atoms with Crippen molar-refractivity contribution < 1.29 is 14.3 Å². The molecule has 3 aromatic carbocycles. The smallest absolute Gasteiger partial charge is 0.322 e. The van der Waals surface area contributed by atoms with Gasteiger partial charge in [-0.2, -0.15) is 0 Å². The van der Waals surface area contributed by atoms with Gasteiger partial charge in [-0.25, -0.2) is 4.79 Å². The van der Waals surface area contributed by atoms with Crippen molar-refractivity contribution in [3.63, 3.8) is 0 Å². The molecule has 30 heavy (non-hydrogen) atoms. The fourth-order valence-electron chi connectivity index (χ4n) is 3.34. The van der Waals surface area contributed by atoms with Crippen molar-refractivity contribution in [2.24, 2.45) is 0 Å². The number of fused-ring (bicyclic) bond motifs is 1. The Labute approximate surface area is 175 Å². The molecule has 3 aromatic rings. The molecule has 2 N–H and O–H groups in total. The second-order valence-corrected chi connectivity index (χ2v) is 7.05. The number of ether oxygens (including phenoxy) is 1. The zero-order valence-electron chi connectivity index (χ0n) is 16.5. The predicted octanol–water partition coefficient (Wildman–Crippen LogP) is 4.04. The van der Waals surface area contributed by atoms with Gasteiger partial charge in [0.25, 0.3) is 5.91 Å². The van der Waals surface area contributed by atoms with Gasteiger partial charge in [0, 0.05) is 24.3 Å². The third-order valence-electron chi connectivity index (χ3n) is 4.93. The van der Waals surface area contributed by atoms with Gasteiger partial charge in [0.2, 0.25) is 0 Å². The molecular formula is C24H23N3O3. The fraction of sp³-hybridized carbons (Fsp3) is 0.167. The number of hydrogen-bond acceptors (Lipinski definition) is 3. The lowest BCUT2D eigenvalue weighted by molar-refractivity contribution is 0.0947. The molecule has 0 bridgehead atoms. The van der Waals surface area contributed by atoms with Gasteiger partial charge in [-0.1, -0.05) is 42.5 Å². The Morgan fingerprint density at radius 1 is 0.833 bits per heavy atom. The Morgan fingerprint density at radius 3 is 2.13 bits per heavy atom. The molecule has 0 aromatic heterocycles. The number of para-hydroxylation sites is 1. The number of nitrogens with one attached hydrogen (secondary N) is 2. The van der Waals surface area contributed by atoms with Gasteiger partial charge in [0.15, 0.2) is 0 Å². The minimum atomic E-state index is -0.181. The van der Waals surface area contributed by atoms with Gasteiger partial charge in [0.05, 0.1) is 6.54 Å². The summed E-state index contributed by atoms with van der Waals surface area (Å²) in [5.74, 6) is 0.590. The third kappa shape index (κ3) is 4.78. The first-order chi connectivity index (χ1) is 14.7. The Kier molecular flexibility index (Phi) is 5.94. The van der Waals surface area contributed by atoms with Gasteiger partial charge in [-0.3, -0.25) is 4.79 Å². The van der Waals surface area contributed by atoms with Crippen LogP contribution >= 0.6 is 0 Å². The van der Waals surface area contributed by atoms with Crippen LogP contribution in [0.15, 0.2) is 78.9 Å². The molecule has 6 heteroatoms. The van der Waals surface area contributed by atoms with E-state index in [2.05, 4.69) is 10.6 Å². The minimum Gasteiger partial charge on any atom is -0.492 e. The molecule has 1 aliphatic heterocycles. The number of amides is 3. The monoisotopic (exact) mass is 401 g/mol. The van der Waals surface area contributed by atoms with E-state index in [9.17, 15) is 9.59 Å². The second kappa shape index (κ2) is 9.13. The van der Waals surface area contributed by atoms with Crippen LogP contribution in [-0.2, 0) is 13.1 Å². The molecule has 0 spiro atoms. The van der Waals surface area contributed by atoms with Crippen molar-refractivity contribution in [1.82, 2.24) is 10.2 Å². The highest BCUT2D eigenvalue weighted by Crippen LogP contribution is 2.23. The molecule has 0 saturated carbocycles. The maximum atomic E-state index is 12.5. The number of anilines is 1. The van der Waals surface area contributed by atoms with E-state index in [0.29, 0.717) is 37.5 Å². The quantitative estimate of drug-likeness (QED) is 0.613. The minimum absolute atomic E-state index is 0.151. The highest BCUT2D eigenvalue weighted by Gasteiger charge is 2.22. The molecule has 1 aliphatic rings. The molecule has 0 unspecified atom stereocenters. The summed E-state index contributed by atoms with van der Waals surface area (Å²) in [5, 5.41) is 5.72. The summed E-state index contributed by atoms with van der Waals surface area (Å²) in [5.41, 5.74) is 3.54. The van der Waals surface area contributed by atoms with E-state index in [1.807, 2.05) is 54.6 Å². The number of nitrogens with zero attached hydrogens (tertiary/aromatic N) is 1. The highest BCUT2D eigenvalue weighted by molar-refractivity contribution is 5.95. The van der Waals surface area contributed by atoms with E-state index < -0.39 is 0 Å². The molecule has 0 atom stereocenters. The van der Waals surface area contributed by atoms with Crippen LogP contribution in [0.1, 0.15) is 21.5 Å². The SMILES string of the molecule is O=C(NCCOc1ccccc1)c1ccc(NC(=O)N2Cc3ccccc3C2)cc1. The molecule has 3 amide bonds. The van der Waals surface area contributed by atoms with E-state index in [-0.39, 0.29) is 11.9 Å².